The summed E-state index contributed by atoms with van der Waals surface area (Å²) >= 11 is 0. The average Bonchev–Trinajstić information content (AvgIpc) is 2.51. The van der Waals surface area contributed by atoms with Crippen molar-refractivity contribution in [2.75, 3.05) is 52.5 Å². The highest BCUT2D eigenvalue weighted by atomic mass is 16.5. The molecule has 0 bridgehead atoms. The average molecular weight is 339 g/mol. The molecule has 3 nitrogen and oxygen atoms in total. The van der Waals surface area contributed by atoms with Crippen molar-refractivity contribution in [3.63, 3.8) is 0 Å². The number of piperidine rings is 1. The van der Waals surface area contributed by atoms with E-state index >= 15 is 0 Å². The predicted octanol–water partition coefficient (Wildman–Crippen LogP) is 4.27. The van der Waals surface area contributed by atoms with E-state index in [1.165, 1.54) is 58.3 Å². The third-order valence-electron chi connectivity index (χ3n) is 5.83. The molecule has 2 aliphatic rings. The maximum Gasteiger partial charge on any atom is 0.0594 e. The lowest BCUT2D eigenvalue weighted by atomic mass is 9.77. The maximum atomic E-state index is 5.46. The Morgan fingerprint density at radius 2 is 1.54 bits per heavy atom. The van der Waals surface area contributed by atoms with E-state index in [0.717, 1.165) is 32.2 Å². The van der Waals surface area contributed by atoms with E-state index in [0.29, 0.717) is 10.8 Å². The summed E-state index contributed by atoms with van der Waals surface area (Å²) in [7, 11) is 0. The Morgan fingerprint density at radius 3 is 2.21 bits per heavy atom. The summed E-state index contributed by atoms with van der Waals surface area (Å²) in [5.41, 5.74) is 0.931. The standard InChI is InChI=1S/C21H42N2O/c1-20(2,3)8-11-23-10-6-7-19(18-23)17-21(4,5)9-12-22-13-15-24-16-14-22/h19H,6-18H2,1-5H3. The summed E-state index contributed by atoms with van der Waals surface area (Å²) in [5.74, 6) is 0.901. The van der Waals surface area contributed by atoms with Gasteiger partial charge in [-0.25, -0.2) is 0 Å². The quantitative estimate of drug-likeness (QED) is 0.689. The van der Waals surface area contributed by atoms with Gasteiger partial charge in [-0.3, -0.25) is 4.90 Å². The van der Waals surface area contributed by atoms with Crippen LogP contribution in [0, 0.1) is 16.7 Å². The third kappa shape index (κ3) is 7.84. The molecule has 24 heavy (non-hydrogen) atoms. The molecule has 2 rings (SSSR count). The van der Waals surface area contributed by atoms with Crippen molar-refractivity contribution in [1.82, 2.24) is 9.80 Å². The number of rotatable bonds is 7. The van der Waals surface area contributed by atoms with Crippen molar-refractivity contribution in [1.29, 1.82) is 0 Å². The SMILES string of the molecule is CC(C)(C)CCN1CCCC(CC(C)(C)CCN2CCOCC2)C1. The zero-order chi connectivity index (χ0) is 17.6. The van der Waals surface area contributed by atoms with E-state index in [2.05, 4.69) is 44.4 Å². The molecule has 0 radical (unpaired) electrons. The van der Waals surface area contributed by atoms with E-state index in [1.54, 1.807) is 0 Å². The molecule has 0 aromatic carbocycles. The van der Waals surface area contributed by atoms with E-state index in [9.17, 15) is 0 Å². The molecular weight excluding hydrogens is 296 g/mol. The zero-order valence-electron chi connectivity index (χ0n) is 17.1. The number of nitrogens with zero attached hydrogens (tertiary/aromatic N) is 2. The Hall–Kier alpha value is -0.120. The Labute approximate surface area is 151 Å². The van der Waals surface area contributed by atoms with Gasteiger partial charge >= 0.3 is 0 Å². The van der Waals surface area contributed by atoms with Gasteiger partial charge in [0.25, 0.3) is 0 Å². The van der Waals surface area contributed by atoms with Crippen molar-refractivity contribution in [2.45, 2.75) is 66.7 Å². The molecule has 0 amide bonds. The summed E-state index contributed by atoms with van der Waals surface area (Å²) in [5, 5.41) is 0. The van der Waals surface area contributed by atoms with E-state index in [4.69, 9.17) is 4.74 Å². The second kappa shape index (κ2) is 9.00. The lowest BCUT2D eigenvalue weighted by Crippen LogP contribution is -2.40. The first-order valence-corrected chi connectivity index (χ1v) is 10.3. The van der Waals surface area contributed by atoms with Gasteiger partial charge in [0.1, 0.15) is 0 Å². The largest absolute Gasteiger partial charge is 0.379 e. The lowest BCUT2D eigenvalue weighted by Gasteiger charge is -2.39. The Morgan fingerprint density at radius 1 is 0.875 bits per heavy atom. The highest BCUT2D eigenvalue weighted by Crippen LogP contribution is 2.34. The molecule has 1 unspecified atom stereocenters. The van der Waals surface area contributed by atoms with Crippen molar-refractivity contribution in [3.05, 3.63) is 0 Å². The number of likely N-dealkylation sites (tertiary alicyclic amines) is 1. The molecule has 0 aromatic heterocycles. The number of hydrogen-bond acceptors (Lipinski definition) is 3. The first-order chi connectivity index (χ1) is 11.2. The van der Waals surface area contributed by atoms with Crippen molar-refractivity contribution in [3.8, 4) is 0 Å². The second-order valence-electron chi connectivity index (χ2n) is 10.2. The van der Waals surface area contributed by atoms with Crippen LogP contribution in [-0.4, -0.2) is 62.3 Å². The van der Waals surface area contributed by atoms with Crippen LogP contribution in [-0.2, 0) is 4.74 Å². The van der Waals surface area contributed by atoms with Crippen LogP contribution < -0.4 is 0 Å². The molecule has 0 N–H and O–H groups in total. The minimum absolute atomic E-state index is 0.463. The van der Waals surface area contributed by atoms with Gasteiger partial charge in [-0.1, -0.05) is 34.6 Å². The third-order valence-corrected chi connectivity index (χ3v) is 5.83. The van der Waals surface area contributed by atoms with Gasteiger partial charge in [-0.05, 0) is 68.5 Å². The second-order valence-corrected chi connectivity index (χ2v) is 10.2. The van der Waals surface area contributed by atoms with Crippen LogP contribution in [0.5, 0.6) is 0 Å². The van der Waals surface area contributed by atoms with Gasteiger partial charge in [0.15, 0.2) is 0 Å². The van der Waals surface area contributed by atoms with Crippen LogP contribution in [0.15, 0.2) is 0 Å². The summed E-state index contributed by atoms with van der Waals surface area (Å²) < 4.78 is 5.46. The normalized spacial score (nSPS) is 25.1. The van der Waals surface area contributed by atoms with Gasteiger partial charge in [-0.15, -0.1) is 0 Å². The highest BCUT2D eigenvalue weighted by molar-refractivity contribution is 4.81. The molecule has 0 spiro atoms. The Kier molecular flexibility index (Phi) is 7.58. The number of hydrogen-bond donors (Lipinski definition) is 0. The summed E-state index contributed by atoms with van der Waals surface area (Å²) in [6.07, 6.45) is 6.87. The molecular formula is C21H42N2O. The fraction of sp³-hybridized carbons (Fsp3) is 1.00. The van der Waals surface area contributed by atoms with Gasteiger partial charge in [-0.2, -0.15) is 0 Å². The molecule has 2 aliphatic heterocycles. The number of ether oxygens (including phenoxy) is 1. The van der Waals surface area contributed by atoms with Crippen LogP contribution in [0.25, 0.3) is 0 Å². The summed E-state index contributed by atoms with van der Waals surface area (Å²) in [4.78, 5) is 5.32. The topological polar surface area (TPSA) is 15.7 Å². The van der Waals surface area contributed by atoms with Crippen LogP contribution in [0.2, 0.25) is 0 Å². The van der Waals surface area contributed by atoms with Crippen molar-refractivity contribution >= 4 is 0 Å². The van der Waals surface area contributed by atoms with Gasteiger partial charge < -0.3 is 9.64 Å². The Bertz CT molecular complexity index is 355. The smallest absolute Gasteiger partial charge is 0.0594 e. The van der Waals surface area contributed by atoms with Crippen LogP contribution in [0.3, 0.4) is 0 Å². The first kappa shape index (κ1) is 20.2. The first-order valence-electron chi connectivity index (χ1n) is 10.3. The molecule has 0 aliphatic carbocycles. The molecule has 2 heterocycles. The van der Waals surface area contributed by atoms with E-state index in [-0.39, 0.29) is 0 Å². The van der Waals surface area contributed by atoms with Gasteiger partial charge in [0.2, 0.25) is 0 Å². The van der Waals surface area contributed by atoms with Gasteiger partial charge in [0.05, 0.1) is 13.2 Å². The zero-order valence-corrected chi connectivity index (χ0v) is 17.1. The highest BCUT2D eigenvalue weighted by Gasteiger charge is 2.28. The minimum Gasteiger partial charge on any atom is -0.379 e. The molecule has 3 heteroatoms. The van der Waals surface area contributed by atoms with Crippen molar-refractivity contribution < 1.29 is 4.74 Å². The fourth-order valence-corrected chi connectivity index (χ4v) is 4.18. The molecule has 1 atom stereocenters. The van der Waals surface area contributed by atoms with Crippen LogP contribution >= 0.6 is 0 Å². The Balaban J connectivity index is 1.71. The summed E-state index contributed by atoms with van der Waals surface area (Å²) in [6.45, 7) is 21.3. The monoisotopic (exact) mass is 338 g/mol. The van der Waals surface area contributed by atoms with E-state index < -0.39 is 0 Å². The van der Waals surface area contributed by atoms with E-state index in [1.807, 2.05) is 0 Å². The fourth-order valence-electron chi connectivity index (χ4n) is 4.18. The minimum atomic E-state index is 0.463. The molecule has 2 fully saturated rings. The van der Waals surface area contributed by atoms with Gasteiger partial charge in [0, 0.05) is 19.6 Å². The summed E-state index contributed by atoms with van der Waals surface area (Å²) in [6, 6.07) is 0. The van der Waals surface area contributed by atoms with Crippen LogP contribution in [0.1, 0.15) is 66.7 Å². The number of morpholine rings is 1. The molecule has 0 aromatic rings. The van der Waals surface area contributed by atoms with Crippen molar-refractivity contribution in [2.24, 2.45) is 16.7 Å². The maximum absolute atomic E-state index is 5.46. The molecule has 142 valence electrons. The predicted molar refractivity (Wildman–Crippen MR) is 104 cm³/mol. The lowest BCUT2D eigenvalue weighted by molar-refractivity contribution is 0.0301. The van der Waals surface area contributed by atoms with Crippen LogP contribution in [0.4, 0.5) is 0 Å². The molecule has 2 saturated heterocycles. The molecule has 0 saturated carbocycles.